The van der Waals surface area contributed by atoms with Gasteiger partial charge in [-0.15, -0.1) is 0 Å². The molecule has 6 heteroatoms. The first kappa shape index (κ1) is 74.8. The van der Waals surface area contributed by atoms with Crippen LogP contribution >= 0.6 is 0 Å². The van der Waals surface area contributed by atoms with E-state index in [1.165, 1.54) is 103 Å². The molecule has 0 saturated heterocycles. The van der Waals surface area contributed by atoms with Crippen LogP contribution in [0.1, 0.15) is 303 Å². The van der Waals surface area contributed by atoms with Gasteiger partial charge in [0.25, 0.3) is 0 Å². The molecule has 0 fully saturated rings. The molecule has 0 bridgehead atoms. The second kappa shape index (κ2) is 66.3. The number of ether oxygens (including phenoxy) is 3. The summed E-state index contributed by atoms with van der Waals surface area (Å²) in [6.07, 6.45) is 92.0. The van der Waals surface area contributed by atoms with Crippen molar-refractivity contribution < 1.29 is 28.6 Å². The summed E-state index contributed by atoms with van der Waals surface area (Å²) < 4.78 is 16.9. The highest BCUT2D eigenvalue weighted by molar-refractivity contribution is 5.71. The minimum absolute atomic E-state index is 0.0934. The first-order chi connectivity index (χ1) is 39.0. The van der Waals surface area contributed by atoms with Gasteiger partial charge in [-0.1, -0.05) is 296 Å². The Morgan fingerprint density at radius 2 is 0.494 bits per heavy atom. The molecule has 0 aliphatic carbocycles. The SMILES string of the molecule is CC/C=C\C/C=C\C/C=C\C/C=C\C/C=C\C/C=C\C/C=C\CCCCCCCC(=O)OCC(COC(=O)CCCCCCC/C=C\C/C=C\C/C=C\CC)OC(=O)CCCCCCCCCCCCCCCCCCCCC. The second-order valence-corrected chi connectivity index (χ2v) is 21.6. The predicted octanol–water partition coefficient (Wildman–Crippen LogP) is 22.8. The highest BCUT2D eigenvalue weighted by atomic mass is 16.6. The molecule has 0 aromatic carbocycles. The first-order valence-electron chi connectivity index (χ1n) is 33.0. The minimum Gasteiger partial charge on any atom is -0.462 e. The molecule has 79 heavy (non-hydrogen) atoms. The Morgan fingerprint density at radius 1 is 0.266 bits per heavy atom. The van der Waals surface area contributed by atoms with E-state index in [2.05, 4.69) is 142 Å². The summed E-state index contributed by atoms with van der Waals surface area (Å²) in [5.41, 5.74) is 0. The van der Waals surface area contributed by atoms with Gasteiger partial charge in [-0.05, 0) is 109 Å². The Balaban J connectivity index is 4.40. The molecule has 0 spiro atoms. The fourth-order valence-corrected chi connectivity index (χ4v) is 9.09. The maximum atomic E-state index is 12.9. The summed E-state index contributed by atoms with van der Waals surface area (Å²) in [5.74, 6) is -0.919. The van der Waals surface area contributed by atoms with Crippen molar-refractivity contribution in [2.45, 2.75) is 309 Å². The molecule has 0 rings (SSSR count). The molecule has 0 aromatic heterocycles. The van der Waals surface area contributed by atoms with Crippen LogP contribution in [0.15, 0.2) is 122 Å². The Labute approximate surface area is 488 Å². The lowest BCUT2D eigenvalue weighted by atomic mass is 10.0. The molecular weight excluding hydrogens is 973 g/mol. The largest absolute Gasteiger partial charge is 0.462 e. The van der Waals surface area contributed by atoms with Crippen molar-refractivity contribution in [1.29, 1.82) is 0 Å². The average molecular weight is 1100 g/mol. The summed E-state index contributed by atoms with van der Waals surface area (Å²) in [6, 6.07) is 0. The summed E-state index contributed by atoms with van der Waals surface area (Å²) >= 11 is 0. The zero-order valence-corrected chi connectivity index (χ0v) is 51.6. The molecule has 450 valence electrons. The Bertz CT molecular complexity index is 1640. The van der Waals surface area contributed by atoms with E-state index in [-0.39, 0.29) is 31.1 Å². The number of unbranched alkanes of at least 4 members (excludes halogenated alkanes) is 28. The summed E-state index contributed by atoms with van der Waals surface area (Å²) in [7, 11) is 0. The first-order valence-corrected chi connectivity index (χ1v) is 33.0. The van der Waals surface area contributed by atoms with Gasteiger partial charge in [0, 0.05) is 19.3 Å². The standard InChI is InChI=1S/C73H122O6/c1-4-7-10-13-16-19-22-25-28-30-32-33-34-35-36-37-38-39-41-42-45-48-51-54-57-60-63-66-72(75)78-69-70(68-77-71(74)65-62-59-56-53-50-47-44-27-24-21-18-15-12-9-6-3)79-73(76)67-64-61-58-55-52-49-46-43-40-31-29-26-23-20-17-14-11-8-5-2/h7,9-10,12,16,18-19,21,25,27-28,32-33,35-36,38-39,42,44-45,70H,4-6,8,11,13-15,17,20,22-24,26,29-31,34,37,40-41,43,46-69H2,1-3H3/b10-7-,12-9-,19-16-,21-18-,28-25-,33-32-,36-35-,39-38-,44-27-,45-42-. The van der Waals surface area contributed by atoms with E-state index in [0.717, 1.165) is 161 Å². The lowest BCUT2D eigenvalue weighted by molar-refractivity contribution is -0.167. The fraction of sp³-hybridized carbons (Fsp3) is 0.685. The van der Waals surface area contributed by atoms with E-state index in [1.807, 2.05) is 0 Å². The van der Waals surface area contributed by atoms with Crippen molar-refractivity contribution >= 4 is 17.9 Å². The Hall–Kier alpha value is -4.19. The summed E-state index contributed by atoms with van der Waals surface area (Å²) in [4.78, 5) is 38.4. The van der Waals surface area contributed by atoms with Gasteiger partial charge in [-0.25, -0.2) is 0 Å². The van der Waals surface area contributed by atoms with Crippen molar-refractivity contribution in [3.63, 3.8) is 0 Å². The van der Waals surface area contributed by atoms with Crippen LogP contribution in [0.3, 0.4) is 0 Å². The van der Waals surface area contributed by atoms with E-state index in [1.54, 1.807) is 0 Å². The van der Waals surface area contributed by atoms with Crippen LogP contribution in [0.2, 0.25) is 0 Å². The predicted molar refractivity (Wildman–Crippen MR) is 343 cm³/mol. The Kier molecular flexibility index (Phi) is 62.8. The molecule has 0 saturated carbocycles. The molecule has 0 heterocycles. The lowest BCUT2D eigenvalue weighted by Gasteiger charge is -2.18. The second-order valence-electron chi connectivity index (χ2n) is 21.6. The monoisotopic (exact) mass is 1090 g/mol. The normalized spacial score (nSPS) is 12.9. The minimum atomic E-state index is -0.797. The molecular formula is C73H122O6. The Morgan fingerprint density at radius 3 is 0.772 bits per heavy atom. The number of hydrogen-bond acceptors (Lipinski definition) is 6. The van der Waals surface area contributed by atoms with E-state index < -0.39 is 6.10 Å². The lowest BCUT2D eigenvalue weighted by Crippen LogP contribution is -2.30. The van der Waals surface area contributed by atoms with Crippen LogP contribution in [0.4, 0.5) is 0 Å². The van der Waals surface area contributed by atoms with Crippen molar-refractivity contribution in [1.82, 2.24) is 0 Å². The number of rotatable bonds is 59. The molecule has 0 N–H and O–H groups in total. The molecule has 1 unspecified atom stereocenters. The van der Waals surface area contributed by atoms with Gasteiger partial charge in [-0.2, -0.15) is 0 Å². The highest BCUT2D eigenvalue weighted by Gasteiger charge is 2.19. The molecule has 0 aliphatic rings. The average Bonchev–Trinajstić information content (AvgIpc) is 3.45. The number of carbonyl (C=O) groups excluding carboxylic acids is 3. The van der Waals surface area contributed by atoms with Crippen LogP contribution in [0.25, 0.3) is 0 Å². The van der Waals surface area contributed by atoms with Crippen molar-refractivity contribution in [2.75, 3.05) is 13.2 Å². The third-order valence-corrected chi connectivity index (χ3v) is 14.0. The van der Waals surface area contributed by atoms with E-state index in [4.69, 9.17) is 14.2 Å². The quantitative estimate of drug-likeness (QED) is 0.0261. The third kappa shape index (κ3) is 64.5. The highest BCUT2D eigenvalue weighted by Crippen LogP contribution is 2.16. The van der Waals surface area contributed by atoms with Gasteiger partial charge in [0.05, 0.1) is 0 Å². The molecule has 0 aliphatic heterocycles. The molecule has 0 amide bonds. The van der Waals surface area contributed by atoms with Gasteiger partial charge in [0.2, 0.25) is 0 Å². The smallest absolute Gasteiger partial charge is 0.306 e. The van der Waals surface area contributed by atoms with E-state index in [0.29, 0.717) is 19.3 Å². The number of allylic oxidation sites excluding steroid dienone is 20. The molecule has 6 nitrogen and oxygen atoms in total. The van der Waals surface area contributed by atoms with Gasteiger partial charge in [0.15, 0.2) is 6.10 Å². The van der Waals surface area contributed by atoms with Crippen LogP contribution in [-0.4, -0.2) is 37.2 Å². The number of carbonyl (C=O) groups is 3. The van der Waals surface area contributed by atoms with Crippen LogP contribution in [0, 0.1) is 0 Å². The zero-order valence-electron chi connectivity index (χ0n) is 51.6. The van der Waals surface area contributed by atoms with Crippen LogP contribution in [0.5, 0.6) is 0 Å². The van der Waals surface area contributed by atoms with Crippen molar-refractivity contribution in [2.24, 2.45) is 0 Å². The fourth-order valence-electron chi connectivity index (χ4n) is 9.09. The topological polar surface area (TPSA) is 78.9 Å². The third-order valence-electron chi connectivity index (χ3n) is 14.0. The van der Waals surface area contributed by atoms with Gasteiger partial charge in [0.1, 0.15) is 13.2 Å². The maximum Gasteiger partial charge on any atom is 0.306 e. The van der Waals surface area contributed by atoms with E-state index >= 15 is 0 Å². The zero-order chi connectivity index (χ0) is 57.1. The van der Waals surface area contributed by atoms with Gasteiger partial charge in [-0.3, -0.25) is 14.4 Å². The van der Waals surface area contributed by atoms with Crippen molar-refractivity contribution in [3.05, 3.63) is 122 Å². The van der Waals surface area contributed by atoms with Crippen molar-refractivity contribution in [3.8, 4) is 0 Å². The maximum absolute atomic E-state index is 12.9. The number of esters is 3. The summed E-state index contributed by atoms with van der Waals surface area (Å²) in [5, 5.41) is 0. The molecule has 1 atom stereocenters. The van der Waals surface area contributed by atoms with Gasteiger partial charge >= 0.3 is 17.9 Å². The van der Waals surface area contributed by atoms with Crippen LogP contribution in [-0.2, 0) is 28.6 Å². The summed E-state index contributed by atoms with van der Waals surface area (Å²) in [6.45, 7) is 6.41. The molecule has 0 aromatic rings. The molecule has 0 radical (unpaired) electrons. The van der Waals surface area contributed by atoms with Gasteiger partial charge < -0.3 is 14.2 Å². The van der Waals surface area contributed by atoms with E-state index in [9.17, 15) is 14.4 Å². The van der Waals surface area contributed by atoms with Crippen LogP contribution < -0.4 is 0 Å². The number of hydrogen-bond donors (Lipinski definition) is 0.